The number of halogens is 2. The van der Waals surface area contributed by atoms with Crippen LogP contribution in [0.15, 0.2) is 35.4 Å². The van der Waals surface area contributed by atoms with E-state index in [1.165, 1.54) is 0 Å². The van der Waals surface area contributed by atoms with Crippen molar-refractivity contribution in [3.05, 3.63) is 58.0 Å². The molecule has 0 radical (unpaired) electrons. The minimum atomic E-state index is -3.47. The van der Waals surface area contributed by atoms with Gasteiger partial charge in [0.15, 0.2) is 11.0 Å². The fourth-order valence-corrected chi connectivity index (χ4v) is 3.63. The quantitative estimate of drug-likeness (QED) is 0.662. The van der Waals surface area contributed by atoms with E-state index in [1.807, 2.05) is 24.3 Å². The first-order valence-electron chi connectivity index (χ1n) is 8.63. The third-order valence-corrected chi connectivity index (χ3v) is 5.13. The van der Waals surface area contributed by atoms with Crippen molar-refractivity contribution in [2.45, 2.75) is 25.9 Å². The second kappa shape index (κ2) is 7.32. The molecule has 1 amide bonds. The second-order valence-electron chi connectivity index (χ2n) is 6.53. The van der Waals surface area contributed by atoms with Gasteiger partial charge < -0.3 is 4.74 Å². The van der Waals surface area contributed by atoms with Crippen LogP contribution in [-0.2, 0) is 29.6 Å². The summed E-state index contributed by atoms with van der Waals surface area (Å²) in [6.45, 7) is 0.653. The lowest BCUT2D eigenvalue weighted by molar-refractivity contribution is -0.137. The maximum atomic E-state index is 13.0. The fourth-order valence-electron chi connectivity index (χ4n) is 2.94. The Balaban J connectivity index is 1.53. The summed E-state index contributed by atoms with van der Waals surface area (Å²) in [5, 5.41) is 15.5. The number of hydrogen-bond acceptors (Lipinski definition) is 7. The van der Waals surface area contributed by atoms with Crippen molar-refractivity contribution >= 4 is 27.9 Å². The number of anilines is 1. The van der Waals surface area contributed by atoms with Crippen LogP contribution in [0.4, 0.5) is 13.9 Å². The van der Waals surface area contributed by atoms with Gasteiger partial charge >= 0.3 is 5.92 Å². The molecule has 1 aliphatic rings. The number of carbonyl (C=O) groups excluding carboxylic acids is 1. The largest absolute Gasteiger partial charge is 0.490 e. The molecule has 0 saturated heterocycles. The minimum absolute atomic E-state index is 0.0940. The first kappa shape index (κ1) is 19.1. The van der Waals surface area contributed by atoms with E-state index in [-0.39, 0.29) is 11.7 Å². The van der Waals surface area contributed by atoms with Crippen molar-refractivity contribution in [2.24, 2.45) is 7.05 Å². The van der Waals surface area contributed by atoms with Crippen LogP contribution in [0.5, 0.6) is 0 Å². The molecule has 2 aromatic heterocycles. The Hall–Kier alpha value is -3.21. The van der Waals surface area contributed by atoms with E-state index in [0.717, 1.165) is 28.0 Å². The molecule has 150 valence electrons. The highest BCUT2D eigenvalue weighted by Gasteiger charge is 2.33. The van der Waals surface area contributed by atoms with Crippen LogP contribution in [0.25, 0.3) is 5.57 Å². The third-order valence-electron chi connectivity index (χ3n) is 4.33. The molecule has 4 rings (SSSR count). The van der Waals surface area contributed by atoms with Gasteiger partial charge in [0.1, 0.15) is 12.4 Å². The summed E-state index contributed by atoms with van der Waals surface area (Å²) in [7, 11) is 1.75. The number of nitrogens with zero attached hydrogens (tertiary/aromatic N) is 5. The SMILES string of the molecule is Cn1nnnc1C1=C(OCc2csc(NC(=O)C(C)(F)F)n2)Cc2ccccc21. The van der Waals surface area contributed by atoms with Gasteiger partial charge in [-0.15, -0.1) is 16.4 Å². The van der Waals surface area contributed by atoms with Crippen LogP contribution in [0.3, 0.4) is 0 Å². The molecule has 29 heavy (non-hydrogen) atoms. The number of fused-ring (bicyclic) bond motifs is 1. The standard InChI is InChI=1S/C18H16F2N6O2S/c1-18(19,20)16(27)22-17-21-11(9-29-17)8-28-13-7-10-5-3-4-6-12(10)14(13)15-23-24-25-26(15)2/h3-6,9H,7-8H2,1-2H3,(H,21,22,27). The molecule has 3 aromatic rings. The summed E-state index contributed by atoms with van der Waals surface area (Å²) in [4.78, 5) is 15.5. The van der Waals surface area contributed by atoms with Crippen molar-refractivity contribution < 1.29 is 18.3 Å². The lowest BCUT2D eigenvalue weighted by atomic mass is 10.1. The maximum absolute atomic E-state index is 13.0. The second-order valence-corrected chi connectivity index (χ2v) is 7.39. The number of thiazole rings is 1. The Bertz CT molecular complexity index is 1100. The van der Waals surface area contributed by atoms with Crippen LogP contribution >= 0.6 is 11.3 Å². The number of ether oxygens (including phenoxy) is 1. The molecule has 1 aromatic carbocycles. The smallest absolute Gasteiger partial charge is 0.322 e. The number of tetrazole rings is 1. The van der Waals surface area contributed by atoms with Gasteiger partial charge in [-0.3, -0.25) is 10.1 Å². The first-order chi connectivity index (χ1) is 13.8. The van der Waals surface area contributed by atoms with Gasteiger partial charge in [-0.25, -0.2) is 9.67 Å². The lowest BCUT2D eigenvalue weighted by Crippen LogP contribution is -2.31. The van der Waals surface area contributed by atoms with E-state index in [9.17, 15) is 13.6 Å². The third kappa shape index (κ3) is 3.86. The van der Waals surface area contributed by atoms with Gasteiger partial charge in [0.05, 0.1) is 11.3 Å². The van der Waals surface area contributed by atoms with Crippen molar-refractivity contribution in [3.8, 4) is 0 Å². The van der Waals surface area contributed by atoms with Gasteiger partial charge in [-0.05, 0) is 21.6 Å². The van der Waals surface area contributed by atoms with Crippen LogP contribution in [-0.4, -0.2) is 37.0 Å². The zero-order chi connectivity index (χ0) is 20.6. The minimum Gasteiger partial charge on any atom is -0.490 e. The number of allylic oxidation sites excluding steroid dienone is 1. The van der Waals surface area contributed by atoms with Crippen molar-refractivity contribution in [1.29, 1.82) is 0 Å². The molecule has 8 nitrogen and oxygen atoms in total. The van der Waals surface area contributed by atoms with Gasteiger partial charge in [0.25, 0.3) is 5.91 Å². The number of alkyl halides is 2. The Kier molecular flexibility index (Phi) is 4.82. The average molecular weight is 418 g/mol. The highest BCUT2D eigenvalue weighted by molar-refractivity contribution is 7.13. The van der Waals surface area contributed by atoms with E-state index in [4.69, 9.17) is 4.74 Å². The number of nitrogens with one attached hydrogen (secondary N) is 1. The summed E-state index contributed by atoms with van der Waals surface area (Å²) in [5.74, 6) is -3.59. The lowest BCUT2D eigenvalue weighted by Gasteiger charge is -2.09. The molecule has 0 atom stereocenters. The molecule has 1 aliphatic carbocycles. The van der Waals surface area contributed by atoms with Gasteiger partial charge in [-0.1, -0.05) is 24.3 Å². The fraction of sp³-hybridized carbons (Fsp3) is 0.278. The van der Waals surface area contributed by atoms with E-state index in [0.29, 0.717) is 30.6 Å². The Labute approximate surface area is 168 Å². The predicted octanol–water partition coefficient (Wildman–Crippen LogP) is 2.79. The first-order valence-corrected chi connectivity index (χ1v) is 9.51. The number of aromatic nitrogens is 5. The average Bonchev–Trinajstić information content (AvgIpc) is 3.37. The zero-order valence-corrected chi connectivity index (χ0v) is 16.3. The molecular formula is C18H16F2N6O2S. The van der Waals surface area contributed by atoms with Gasteiger partial charge in [0.2, 0.25) is 0 Å². The molecule has 2 heterocycles. The molecule has 0 unspecified atom stereocenters. The number of aryl methyl sites for hydroxylation is 1. The molecule has 0 bridgehead atoms. The number of benzene rings is 1. The summed E-state index contributed by atoms with van der Waals surface area (Å²) in [5.41, 5.74) is 3.42. The van der Waals surface area contributed by atoms with Crippen molar-refractivity contribution in [3.63, 3.8) is 0 Å². The van der Waals surface area contributed by atoms with Crippen molar-refractivity contribution in [2.75, 3.05) is 5.32 Å². The number of rotatable bonds is 6. The summed E-state index contributed by atoms with van der Waals surface area (Å²) in [6.07, 6.45) is 0.578. The predicted molar refractivity (Wildman–Crippen MR) is 101 cm³/mol. The van der Waals surface area contributed by atoms with Gasteiger partial charge in [0, 0.05) is 25.8 Å². The molecule has 1 N–H and O–H groups in total. The van der Waals surface area contributed by atoms with Crippen LogP contribution in [0.2, 0.25) is 0 Å². The van der Waals surface area contributed by atoms with E-state index >= 15 is 0 Å². The van der Waals surface area contributed by atoms with Crippen LogP contribution < -0.4 is 5.32 Å². The van der Waals surface area contributed by atoms with E-state index in [1.54, 1.807) is 17.1 Å². The highest BCUT2D eigenvalue weighted by Crippen LogP contribution is 2.37. The summed E-state index contributed by atoms with van der Waals surface area (Å²) in [6, 6.07) is 7.88. The van der Waals surface area contributed by atoms with Crippen LogP contribution in [0.1, 0.15) is 29.6 Å². The topological polar surface area (TPSA) is 94.8 Å². The molecule has 0 aliphatic heterocycles. The van der Waals surface area contributed by atoms with Crippen molar-refractivity contribution in [1.82, 2.24) is 25.2 Å². The normalized spacial score (nSPS) is 13.5. The maximum Gasteiger partial charge on any atom is 0.322 e. The molecule has 0 fully saturated rings. The molecule has 0 spiro atoms. The Morgan fingerprint density at radius 3 is 2.90 bits per heavy atom. The van der Waals surface area contributed by atoms with E-state index < -0.39 is 11.8 Å². The molecule has 0 saturated carbocycles. The van der Waals surface area contributed by atoms with Gasteiger partial charge in [-0.2, -0.15) is 8.78 Å². The molecule has 11 heteroatoms. The van der Waals surface area contributed by atoms with Crippen LogP contribution in [0, 0.1) is 0 Å². The number of carbonyl (C=O) groups is 1. The zero-order valence-electron chi connectivity index (χ0n) is 15.5. The number of amides is 1. The number of hydrogen-bond donors (Lipinski definition) is 1. The molecular weight excluding hydrogens is 402 g/mol. The highest BCUT2D eigenvalue weighted by atomic mass is 32.1. The Morgan fingerprint density at radius 2 is 2.17 bits per heavy atom. The Morgan fingerprint density at radius 1 is 1.38 bits per heavy atom. The summed E-state index contributed by atoms with van der Waals surface area (Å²) < 4.78 is 33.6. The van der Waals surface area contributed by atoms with E-state index in [2.05, 4.69) is 25.8 Å². The monoisotopic (exact) mass is 418 g/mol. The summed E-state index contributed by atoms with van der Waals surface area (Å²) >= 11 is 1.06.